The minimum Gasteiger partial charge on any atom is -0.353 e. The summed E-state index contributed by atoms with van der Waals surface area (Å²) in [5, 5.41) is 2.95. The maximum atomic E-state index is 11.6. The van der Waals surface area contributed by atoms with Crippen LogP contribution in [0.5, 0.6) is 0 Å². The van der Waals surface area contributed by atoms with E-state index in [1.54, 1.807) is 24.5 Å². The van der Waals surface area contributed by atoms with E-state index in [-0.39, 0.29) is 5.91 Å². The summed E-state index contributed by atoms with van der Waals surface area (Å²) >= 11 is 0. The molecule has 1 aliphatic carbocycles. The molecule has 0 radical (unpaired) electrons. The highest BCUT2D eigenvalue weighted by Crippen LogP contribution is 2.25. The quantitative estimate of drug-likeness (QED) is 0.824. The second kappa shape index (κ2) is 7.72. The van der Waals surface area contributed by atoms with Crippen molar-refractivity contribution in [3.63, 3.8) is 0 Å². The van der Waals surface area contributed by atoms with Crippen molar-refractivity contribution in [2.45, 2.75) is 38.5 Å². The Morgan fingerprint density at radius 1 is 1.37 bits per heavy atom. The first-order valence-corrected chi connectivity index (χ1v) is 7.20. The molecule has 1 N–H and O–H groups in total. The Labute approximate surface area is 115 Å². The molecular weight excluding hydrogens is 236 g/mol. The maximum absolute atomic E-state index is 11.6. The minimum absolute atomic E-state index is 0.0142. The van der Waals surface area contributed by atoms with Crippen molar-refractivity contribution < 1.29 is 4.79 Å². The molecule has 0 saturated heterocycles. The van der Waals surface area contributed by atoms with Crippen LogP contribution in [0, 0.1) is 5.92 Å². The molecule has 1 aromatic rings. The Kier molecular flexibility index (Phi) is 5.60. The van der Waals surface area contributed by atoms with Crippen LogP contribution in [0.15, 0.2) is 30.6 Å². The molecule has 102 valence electrons. The van der Waals surface area contributed by atoms with Crippen LogP contribution < -0.4 is 5.32 Å². The number of nitrogens with one attached hydrogen (secondary N) is 1. The standard InChI is InChI=1S/C16H22N2O/c19-16(9-8-15-7-4-11-17-13-15)18-12-10-14-5-2-1-3-6-14/h4,7-9,11,13-14H,1-3,5-6,10,12H2,(H,18,19)/b9-8-. The molecule has 0 aromatic carbocycles. The van der Waals surface area contributed by atoms with Gasteiger partial charge in [0.15, 0.2) is 0 Å². The number of aromatic nitrogens is 1. The van der Waals surface area contributed by atoms with Crippen molar-refractivity contribution in [2.75, 3.05) is 6.54 Å². The first kappa shape index (κ1) is 13.8. The fourth-order valence-electron chi connectivity index (χ4n) is 2.58. The third kappa shape index (κ3) is 5.25. The van der Waals surface area contributed by atoms with E-state index < -0.39 is 0 Å². The normalized spacial score (nSPS) is 16.6. The summed E-state index contributed by atoms with van der Waals surface area (Å²) in [4.78, 5) is 15.6. The number of hydrogen-bond acceptors (Lipinski definition) is 2. The Morgan fingerprint density at radius 2 is 2.21 bits per heavy atom. The molecule has 0 atom stereocenters. The number of carbonyl (C=O) groups excluding carboxylic acids is 1. The SMILES string of the molecule is O=C(/C=C\c1cccnc1)NCCC1CCCCC1. The smallest absolute Gasteiger partial charge is 0.244 e. The highest BCUT2D eigenvalue weighted by atomic mass is 16.1. The Morgan fingerprint density at radius 3 is 2.95 bits per heavy atom. The summed E-state index contributed by atoms with van der Waals surface area (Å²) < 4.78 is 0. The van der Waals surface area contributed by atoms with Crippen molar-refractivity contribution in [1.82, 2.24) is 10.3 Å². The molecule has 19 heavy (non-hydrogen) atoms. The van der Waals surface area contributed by atoms with E-state index in [1.165, 1.54) is 32.1 Å². The molecule has 1 amide bonds. The van der Waals surface area contributed by atoms with Crippen LogP contribution in [0.25, 0.3) is 6.08 Å². The molecule has 3 nitrogen and oxygen atoms in total. The summed E-state index contributed by atoms with van der Waals surface area (Å²) in [6.07, 6.45) is 14.7. The van der Waals surface area contributed by atoms with Crippen LogP contribution in [0.3, 0.4) is 0 Å². The van der Waals surface area contributed by atoms with E-state index >= 15 is 0 Å². The number of rotatable bonds is 5. The van der Waals surface area contributed by atoms with E-state index in [2.05, 4.69) is 10.3 Å². The first-order valence-electron chi connectivity index (χ1n) is 7.20. The Balaban J connectivity index is 1.65. The average Bonchev–Trinajstić information content (AvgIpc) is 2.47. The largest absolute Gasteiger partial charge is 0.353 e. The van der Waals surface area contributed by atoms with Gasteiger partial charge in [-0.1, -0.05) is 38.2 Å². The van der Waals surface area contributed by atoms with E-state index in [1.807, 2.05) is 12.1 Å². The topological polar surface area (TPSA) is 42.0 Å². The van der Waals surface area contributed by atoms with Crippen molar-refractivity contribution in [3.8, 4) is 0 Å². The van der Waals surface area contributed by atoms with Crippen LogP contribution in [-0.4, -0.2) is 17.4 Å². The van der Waals surface area contributed by atoms with Gasteiger partial charge >= 0.3 is 0 Å². The molecule has 0 unspecified atom stereocenters. The predicted molar refractivity (Wildman–Crippen MR) is 77.5 cm³/mol. The lowest BCUT2D eigenvalue weighted by molar-refractivity contribution is -0.116. The molecule has 3 heteroatoms. The molecule has 1 heterocycles. The number of carbonyl (C=O) groups is 1. The number of amides is 1. The van der Waals surface area contributed by atoms with E-state index in [4.69, 9.17) is 0 Å². The molecule has 1 aliphatic rings. The summed E-state index contributed by atoms with van der Waals surface area (Å²) in [6.45, 7) is 0.793. The zero-order valence-corrected chi connectivity index (χ0v) is 11.3. The second-order valence-electron chi connectivity index (χ2n) is 5.20. The van der Waals surface area contributed by atoms with Gasteiger partial charge in [0.05, 0.1) is 0 Å². The highest BCUT2D eigenvalue weighted by molar-refractivity contribution is 5.91. The van der Waals surface area contributed by atoms with Gasteiger partial charge in [-0.15, -0.1) is 0 Å². The summed E-state index contributed by atoms with van der Waals surface area (Å²) in [5.74, 6) is 0.802. The highest BCUT2D eigenvalue weighted by Gasteiger charge is 2.12. The predicted octanol–water partition coefficient (Wildman–Crippen LogP) is 3.18. The Bertz CT molecular complexity index is 408. The molecule has 0 aliphatic heterocycles. The van der Waals surface area contributed by atoms with Gasteiger partial charge in [-0.25, -0.2) is 0 Å². The van der Waals surface area contributed by atoms with Crippen LogP contribution in [0.2, 0.25) is 0 Å². The zero-order chi connectivity index (χ0) is 13.3. The lowest BCUT2D eigenvalue weighted by Gasteiger charge is -2.21. The van der Waals surface area contributed by atoms with Crippen LogP contribution >= 0.6 is 0 Å². The third-order valence-electron chi connectivity index (χ3n) is 3.69. The number of pyridine rings is 1. The van der Waals surface area contributed by atoms with Gasteiger partial charge < -0.3 is 5.32 Å². The van der Waals surface area contributed by atoms with Crippen molar-refractivity contribution in [3.05, 3.63) is 36.2 Å². The van der Waals surface area contributed by atoms with Crippen molar-refractivity contribution in [1.29, 1.82) is 0 Å². The fraction of sp³-hybridized carbons (Fsp3) is 0.500. The summed E-state index contributed by atoms with van der Waals surface area (Å²) in [7, 11) is 0. The first-order chi connectivity index (χ1) is 9.34. The molecule has 1 aromatic heterocycles. The summed E-state index contributed by atoms with van der Waals surface area (Å²) in [5.41, 5.74) is 0.949. The molecular formula is C16H22N2O. The van der Waals surface area contributed by atoms with Gasteiger partial charge in [-0.3, -0.25) is 9.78 Å². The van der Waals surface area contributed by atoms with Crippen LogP contribution in [0.4, 0.5) is 0 Å². The van der Waals surface area contributed by atoms with Gasteiger partial charge in [0.1, 0.15) is 0 Å². The number of nitrogens with zero attached hydrogens (tertiary/aromatic N) is 1. The lowest BCUT2D eigenvalue weighted by Crippen LogP contribution is -2.24. The second-order valence-corrected chi connectivity index (χ2v) is 5.20. The molecule has 2 rings (SSSR count). The maximum Gasteiger partial charge on any atom is 0.244 e. The number of hydrogen-bond donors (Lipinski definition) is 1. The third-order valence-corrected chi connectivity index (χ3v) is 3.69. The van der Waals surface area contributed by atoms with Crippen LogP contribution in [0.1, 0.15) is 44.1 Å². The monoisotopic (exact) mass is 258 g/mol. The van der Waals surface area contributed by atoms with Gasteiger partial charge in [0.2, 0.25) is 5.91 Å². The minimum atomic E-state index is -0.0142. The van der Waals surface area contributed by atoms with Crippen molar-refractivity contribution in [2.24, 2.45) is 5.92 Å². The molecule has 0 bridgehead atoms. The van der Waals surface area contributed by atoms with E-state index in [0.717, 1.165) is 24.4 Å². The van der Waals surface area contributed by atoms with Crippen molar-refractivity contribution >= 4 is 12.0 Å². The average molecular weight is 258 g/mol. The fourth-order valence-corrected chi connectivity index (χ4v) is 2.58. The van der Waals surface area contributed by atoms with Gasteiger partial charge in [-0.05, 0) is 30.0 Å². The molecule has 1 saturated carbocycles. The van der Waals surface area contributed by atoms with E-state index in [0.29, 0.717) is 0 Å². The molecule has 0 spiro atoms. The summed E-state index contributed by atoms with van der Waals surface area (Å²) in [6, 6.07) is 3.79. The Hall–Kier alpha value is -1.64. The van der Waals surface area contributed by atoms with Crippen LogP contribution in [-0.2, 0) is 4.79 Å². The lowest BCUT2D eigenvalue weighted by atomic mass is 9.87. The van der Waals surface area contributed by atoms with E-state index in [9.17, 15) is 4.79 Å². The van der Waals surface area contributed by atoms with Gasteiger partial charge in [-0.2, -0.15) is 0 Å². The van der Waals surface area contributed by atoms with Gasteiger partial charge in [0.25, 0.3) is 0 Å². The van der Waals surface area contributed by atoms with Gasteiger partial charge in [0, 0.05) is 25.0 Å². The molecule has 1 fully saturated rings. The zero-order valence-electron chi connectivity index (χ0n) is 11.3.